The van der Waals surface area contributed by atoms with E-state index in [0.717, 1.165) is 11.4 Å². The van der Waals surface area contributed by atoms with Crippen molar-refractivity contribution in [1.82, 2.24) is 14.7 Å². The van der Waals surface area contributed by atoms with Crippen LogP contribution < -0.4 is 4.74 Å². The number of carboxylic acid groups (broad SMARTS) is 1. The van der Waals surface area contributed by atoms with Gasteiger partial charge in [0.15, 0.2) is 5.69 Å². The van der Waals surface area contributed by atoms with Gasteiger partial charge in [-0.25, -0.2) is 4.68 Å². The highest BCUT2D eigenvalue weighted by molar-refractivity contribution is 5.92. The number of carboxylic acids is 1. The van der Waals surface area contributed by atoms with Gasteiger partial charge in [0, 0.05) is 19.3 Å². The van der Waals surface area contributed by atoms with E-state index in [2.05, 4.69) is 5.10 Å². The van der Waals surface area contributed by atoms with Crippen LogP contribution in [0, 0.1) is 5.92 Å². The lowest BCUT2D eigenvalue weighted by atomic mass is 9.98. The summed E-state index contributed by atoms with van der Waals surface area (Å²) in [5, 5.41) is 13.5. The average Bonchev–Trinajstić information content (AvgIpc) is 3.11. The van der Waals surface area contributed by atoms with Crippen LogP contribution in [0.1, 0.15) is 23.3 Å². The summed E-state index contributed by atoms with van der Waals surface area (Å²) in [5.41, 5.74) is 1.13. The summed E-state index contributed by atoms with van der Waals surface area (Å²) in [6, 6.07) is 8.99. The molecule has 0 bridgehead atoms. The first-order chi connectivity index (χ1) is 11.6. The quantitative estimate of drug-likeness (QED) is 0.925. The largest absolute Gasteiger partial charge is 0.497 e. The van der Waals surface area contributed by atoms with Crippen LogP contribution >= 0.6 is 0 Å². The molecule has 0 aliphatic carbocycles. The minimum Gasteiger partial charge on any atom is -0.497 e. The number of carbonyl (C=O) groups excluding carboxylic acids is 1. The number of methoxy groups -OCH3 is 1. The molecule has 0 radical (unpaired) electrons. The first-order valence-electron chi connectivity index (χ1n) is 7.80. The topological polar surface area (TPSA) is 84.7 Å². The number of aliphatic carboxylic acids is 1. The van der Waals surface area contributed by atoms with Gasteiger partial charge in [-0.15, -0.1) is 0 Å². The van der Waals surface area contributed by atoms with Crippen molar-refractivity contribution in [2.45, 2.75) is 12.8 Å². The monoisotopic (exact) mass is 329 g/mol. The molecule has 0 spiro atoms. The van der Waals surface area contributed by atoms with Gasteiger partial charge in [-0.1, -0.05) is 0 Å². The van der Waals surface area contributed by atoms with Gasteiger partial charge in [0.25, 0.3) is 5.91 Å². The molecule has 1 saturated heterocycles. The SMILES string of the molecule is COc1ccc(-n2ccc(C(=O)N3CCCC(C(=O)O)C3)n2)cc1. The summed E-state index contributed by atoms with van der Waals surface area (Å²) < 4.78 is 6.74. The Bertz CT molecular complexity index is 739. The van der Waals surface area contributed by atoms with E-state index < -0.39 is 11.9 Å². The molecule has 24 heavy (non-hydrogen) atoms. The number of nitrogens with zero attached hydrogens (tertiary/aromatic N) is 3. The van der Waals surface area contributed by atoms with Gasteiger partial charge in [-0.05, 0) is 43.2 Å². The maximum atomic E-state index is 12.6. The highest BCUT2D eigenvalue weighted by atomic mass is 16.5. The second kappa shape index (κ2) is 6.74. The van der Waals surface area contributed by atoms with Gasteiger partial charge < -0.3 is 14.7 Å². The van der Waals surface area contributed by atoms with Gasteiger partial charge in [0.1, 0.15) is 5.75 Å². The number of benzene rings is 1. The molecule has 126 valence electrons. The molecule has 1 amide bonds. The molecule has 0 saturated carbocycles. The fraction of sp³-hybridized carbons (Fsp3) is 0.353. The van der Waals surface area contributed by atoms with Crippen molar-refractivity contribution in [3.63, 3.8) is 0 Å². The number of carbonyl (C=O) groups is 2. The Kier molecular flexibility index (Phi) is 4.50. The number of hydrogen-bond donors (Lipinski definition) is 1. The van der Waals surface area contributed by atoms with Crippen LogP contribution in [-0.4, -0.2) is 51.9 Å². The third-order valence-electron chi connectivity index (χ3n) is 4.20. The van der Waals surface area contributed by atoms with Crippen LogP contribution in [0.4, 0.5) is 0 Å². The summed E-state index contributed by atoms with van der Waals surface area (Å²) in [6.07, 6.45) is 3.02. The standard InChI is InChI=1S/C17H19N3O4/c1-24-14-6-4-13(5-7-14)20-10-8-15(18-20)16(21)19-9-2-3-12(11-19)17(22)23/h4-8,10,12H,2-3,9,11H2,1H3,(H,22,23). The minimum absolute atomic E-state index is 0.229. The zero-order chi connectivity index (χ0) is 17.1. The molecule has 3 rings (SSSR count). The van der Waals surface area contributed by atoms with Gasteiger partial charge in [-0.3, -0.25) is 9.59 Å². The van der Waals surface area contributed by atoms with E-state index in [9.17, 15) is 9.59 Å². The minimum atomic E-state index is -0.851. The highest BCUT2D eigenvalue weighted by Gasteiger charge is 2.29. The number of hydrogen-bond acceptors (Lipinski definition) is 4. The number of ether oxygens (including phenoxy) is 1. The van der Waals surface area contributed by atoms with E-state index in [1.54, 1.807) is 29.0 Å². The molecule has 1 N–H and O–H groups in total. The van der Waals surface area contributed by atoms with E-state index in [1.807, 2.05) is 24.3 Å². The average molecular weight is 329 g/mol. The molecule has 1 atom stereocenters. The van der Waals surface area contributed by atoms with E-state index in [-0.39, 0.29) is 12.5 Å². The molecule has 2 aromatic rings. The van der Waals surface area contributed by atoms with Gasteiger partial charge in [0.05, 0.1) is 18.7 Å². The number of likely N-dealkylation sites (tertiary alicyclic amines) is 1. The Morgan fingerprint density at radius 3 is 2.67 bits per heavy atom. The van der Waals surface area contributed by atoms with Crippen molar-refractivity contribution in [2.24, 2.45) is 5.92 Å². The number of rotatable bonds is 4. The fourth-order valence-corrected chi connectivity index (χ4v) is 2.84. The molecular weight excluding hydrogens is 310 g/mol. The predicted molar refractivity (Wildman–Crippen MR) is 86.4 cm³/mol. The summed E-state index contributed by atoms with van der Waals surface area (Å²) in [5.74, 6) is -0.828. The Hall–Kier alpha value is -2.83. The van der Waals surface area contributed by atoms with Crippen molar-refractivity contribution in [2.75, 3.05) is 20.2 Å². The summed E-state index contributed by atoms with van der Waals surface area (Å²) in [4.78, 5) is 25.3. The third kappa shape index (κ3) is 3.24. The molecule has 7 nitrogen and oxygen atoms in total. The molecule has 1 unspecified atom stereocenters. The molecule has 2 heterocycles. The zero-order valence-electron chi connectivity index (χ0n) is 13.4. The number of piperidine rings is 1. The van der Waals surface area contributed by atoms with E-state index >= 15 is 0 Å². The number of amides is 1. The molecule has 1 aromatic carbocycles. The van der Waals surface area contributed by atoms with Crippen molar-refractivity contribution < 1.29 is 19.4 Å². The Labute approximate surface area is 139 Å². The first kappa shape index (κ1) is 16.0. The molecule has 7 heteroatoms. The summed E-state index contributed by atoms with van der Waals surface area (Å²) in [7, 11) is 1.60. The van der Waals surface area contributed by atoms with Crippen LogP contribution in [0.3, 0.4) is 0 Å². The second-order valence-corrected chi connectivity index (χ2v) is 5.77. The fourth-order valence-electron chi connectivity index (χ4n) is 2.84. The Morgan fingerprint density at radius 1 is 1.25 bits per heavy atom. The van der Waals surface area contributed by atoms with Crippen molar-refractivity contribution in [3.05, 3.63) is 42.2 Å². The van der Waals surface area contributed by atoms with Crippen molar-refractivity contribution in [3.8, 4) is 11.4 Å². The lowest BCUT2D eigenvalue weighted by Gasteiger charge is -2.30. The maximum absolute atomic E-state index is 12.6. The van der Waals surface area contributed by atoms with Crippen molar-refractivity contribution >= 4 is 11.9 Å². The number of aromatic nitrogens is 2. The van der Waals surface area contributed by atoms with Gasteiger partial charge in [0.2, 0.25) is 0 Å². The van der Waals surface area contributed by atoms with E-state index in [4.69, 9.17) is 9.84 Å². The first-order valence-corrected chi connectivity index (χ1v) is 7.80. The van der Waals surface area contributed by atoms with E-state index in [0.29, 0.717) is 25.1 Å². The molecule has 1 aliphatic heterocycles. The lowest BCUT2D eigenvalue weighted by Crippen LogP contribution is -2.42. The predicted octanol–water partition coefficient (Wildman–Crippen LogP) is 1.82. The normalized spacial score (nSPS) is 17.5. The molecule has 1 aromatic heterocycles. The maximum Gasteiger partial charge on any atom is 0.308 e. The van der Waals surface area contributed by atoms with Crippen LogP contribution in [0.15, 0.2) is 36.5 Å². The molecule has 1 fully saturated rings. The molecule has 1 aliphatic rings. The van der Waals surface area contributed by atoms with Crippen LogP contribution in [0.25, 0.3) is 5.69 Å². The van der Waals surface area contributed by atoms with Crippen LogP contribution in [0.5, 0.6) is 5.75 Å². The smallest absolute Gasteiger partial charge is 0.308 e. The highest BCUT2D eigenvalue weighted by Crippen LogP contribution is 2.19. The Balaban J connectivity index is 1.74. The van der Waals surface area contributed by atoms with E-state index in [1.165, 1.54) is 0 Å². The molecular formula is C17H19N3O4. The second-order valence-electron chi connectivity index (χ2n) is 5.77. The Morgan fingerprint density at radius 2 is 2.00 bits per heavy atom. The van der Waals surface area contributed by atoms with Crippen LogP contribution in [-0.2, 0) is 4.79 Å². The summed E-state index contributed by atoms with van der Waals surface area (Å²) >= 11 is 0. The van der Waals surface area contributed by atoms with Gasteiger partial charge >= 0.3 is 5.97 Å². The van der Waals surface area contributed by atoms with Crippen molar-refractivity contribution in [1.29, 1.82) is 0 Å². The van der Waals surface area contributed by atoms with Gasteiger partial charge in [-0.2, -0.15) is 5.10 Å². The summed E-state index contributed by atoms with van der Waals surface area (Å²) in [6.45, 7) is 0.807. The third-order valence-corrected chi connectivity index (χ3v) is 4.20. The zero-order valence-corrected chi connectivity index (χ0v) is 13.4. The lowest BCUT2D eigenvalue weighted by molar-refractivity contribution is -0.143. The van der Waals surface area contributed by atoms with Crippen LogP contribution in [0.2, 0.25) is 0 Å².